The van der Waals surface area contributed by atoms with Gasteiger partial charge in [0.2, 0.25) is 0 Å². The fourth-order valence-electron chi connectivity index (χ4n) is 2.33. The van der Waals surface area contributed by atoms with Crippen molar-refractivity contribution in [1.82, 2.24) is 0 Å². The van der Waals surface area contributed by atoms with E-state index < -0.39 is 5.97 Å². The molecule has 0 saturated heterocycles. The van der Waals surface area contributed by atoms with Gasteiger partial charge in [0.15, 0.2) is 0 Å². The number of carbonyl (C=O) groups is 1. The second-order valence-corrected chi connectivity index (χ2v) is 4.76. The topological polar surface area (TPSA) is 75.3 Å². The van der Waals surface area contributed by atoms with Crippen LogP contribution in [0.4, 0.5) is 17.1 Å². The highest BCUT2D eigenvalue weighted by Crippen LogP contribution is 2.27. The summed E-state index contributed by atoms with van der Waals surface area (Å²) < 4.78 is 0. The summed E-state index contributed by atoms with van der Waals surface area (Å²) in [5.74, 6) is -1.02. The third-order valence-corrected chi connectivity index (χ3v) is 3.35. The zero-order valence-corrected chi connectivity index (χ0v) is 11.2. The molecular formula is C17H14N2O2. The van der Waals surface area contributed by atoms with Gasteiger partial charge in [-0.1, -0.05) is 36.4 Å². The van der Waals surface area contributed by atoms with Crippen LogP contribution >= 0.6 is 0 Å². The highest BCUT2D eigenvalue weighted by atomic mass is 16.4. The van der Waals surface area contributed by atoms with Crippen molar-refractivity contribution in [3.8, 4) is 0 Å². The van der Waals surface area contributed by atoms with E-state index in [2.05, 4.69) is 5.32 Å². The SMILES string of the molecule is Nc1cc(Nc2cccc3ccccc23)ccc1C(=O)O. The molecule has 104 valence electrons. The Hall–Kier alpha value is -3.01. The molecule has 4 heteroatoms. The van der Waals surface area contributed by atoms with Gasteiger partial charge in [-0.2, -0.15) is 0 Å². The van der Waals surface area contributed by atoms with Crippen molar-refractivity contribution in [3.63, 3.8) is 0 Å². The Kier molecular flexibility index (Phi) is 3.20. The van der Waals surface area contributed by atoms with Crippen LogP contribution < -0.4 is 11.1 Å². The van der Waals surface area contributed by atoms with E-state index in [4.69, 9.17) is 10.8 Å². The summed E-state index contributed by atoms with van der Waals surface area (Å²) in [5, 5.41) is 14.5. The highest BCUT2D eigenvalue weighted by molar-refractivity contribution is 5.97. The van der Waals surface area contributed by atoms with E-state index in [1.807, 2.05) is 42.5 Å². The van der Waals surface area contributed by atoms with Crippen molar-refractivity contribution in [2.45, 2.75) is 0 Å². The lowest BCUT2D eigenvalue weighted by Crippen LogP contribution is -2.03. The zero-order valence-electron chi connectivity index (χ0n) is 11.2. The molecule has 4 N–H and O–H groups in total. The maximum atomic E-state index is 11.0. The molecule has 0 fully saturated rings. The molecule has 0 radical (unpaired) electrons. The summed E-state index contributed by atoms with van der Waals surface area (Å²) in [5.41, 5.74) is 7.83. The number of benzene rings is 3. The third-order valence-electron chi connectivity index (χ3n) is 3.35. The molecule has 0 saturated carbocycles. The first-order chi connectivity index (χ1) is 10.1. The fraction of sp³-hybridized carbons (Fsp3) is 0. The van der Waals surface area contributed by atoms with E-state index in [1.54, 1.807) is 12.1 Å². The van der Waals surface area contributed by atoms with Gasteiger partial charge in [-0.3, -0.25) is 0 Å². The molecule has 4 nitrogen and oxygen atoms in total. The number of nitrogens with two attached hydrogens (primary N) is 1. The van der Waals surface area contributed by atoms with Gasteiger partial charge in [-0.15, -0.1) is 0 Å². The van der Waals surface area contributed by atoms with Crippen LogP contribution in [0.25, 0.3) is 10.8 Å². The molecule has 0 bridgehead atoms. The molecule has 0 spiro atoms. The normalized spacial score (nSPS) is 10.5. The van der Waals surface area contributed by atoms with Gasteiger partial charge in [0.1, 0.15) is 0 Å². The molecule has 21 heavy (non-hydrogen) atoms. The Bertz CT molecular complexity index is 823. The number of anilines is 3. The number of fused-ring (bicyclic) bond motifs is 1. The second-order valence-electron chi connectivity index (χ2n) is 4.76. The fourth-order valence-corrected chi connectivity index (χ4v) is 2.33. The minimum Gasteiger partial charge on any atom is -0.478 e. The van der Waals surface area contributed by atoms with Crippen LogP contribution in [-0.4, -0.2) is 11.1 Å². The molecule has 3 aromatic rings. The van der Waals surface area contributed by atoms with E-state index in [0.717, 1.165) is 22.1 Å². The number of nitrogens with one attached hydrogen (secondary N) is 1. The highest BCUT2D eigenvalue weighted by Gasteiger charge is 2.08. The second kappa shape index (κ2) is 5.17. The lowest BCUT2D eigenvalue weighted by molar-refractivity contribution is 0.0698. The molecule has 0 atom stereocenters. The lowest BCUT2D eigenvalue weighted by Gasteiger charge is -2.11. The number of hydrogen-bond acceptors (Lipinski definition) is 3. The molecular weight excluding hydrogens is 264 g/mol. The van der Waals surface area contributed by atoms with Crippen molar-refractivity contribution in [2.75, 3.05) is 11.1 Å². The number of nitrogen functional groups attached to an aromatic ring is 1. The zero-order chi connectivity index (χ0) is 14.8. The van der Waals surface area contributed by atoms with Gasteiger partial charge >= 0.3 is 5.97 Å². The summed E-state index contributed by atoms with van der Waals surface area (Å²) in [7, 11) is 0. The largest absolute Gasteiger partial charge is 0.478 e. The monoisotopic (exact) mass is 278 g/mol. The van der Waals surface area contributed by atoms with Gasteiger partial charge in [-0.25, -0.2) is 4.79 Å². The average molecular weight is 278 g/mol. The molecule has 0 amide bonds. The van der Waals surface area contributed by atoms with Gasteiger partial charge in [0, 0.05) is 22.4 Å². The Morgan fingerprint density at radius 1 is 1.00 bits per heavy atom. The summed E-state index contributed by atoms with van der Waals surface area (Å²) >= 11 is 0. The molecule has 0 aliphatic rings. The standard InChI is InChI=1S/C17H14N2O2/c18-15-10-12(8-9-14(15)17(20)21)19-16-7-3-5-11-4-1-2-6-13(11)16/h1-10,19H,18H2,(H,20,21). The maximum Gasteiger partial charge on any atom is 0.337 e. The Balaban J connectivity index is 1.99. The van der Waals surface area contributed by atoms with E-state index in [-0.39, 0.29) is 11.3 Å². The first-order valence-electron chi connectivity index (χ1n) is 6.53. The van der Waals surface area contributed by atoms with Gasteiger partial charge in [0.05, 0.1) is 5.56 Å². The van der Waals surface area contributed by atoms with E-state index in [1.165, 1.54) is 6.07 Å². The van der Waals surface area contributed by atoms with Crippen LogP contribution in [0.2, 0.25) is 0 Å². The van der Waals surface area contributed by atoms with E-state index in [9.17, 15) is 4.79 Å². The van der Waals surface area contributed by atoms with Crippen molar-refractivity contribution in [3.05, 3.63) is 66.2 Å². The van der Waals surface area contributed by atoms with Crippen molar-refractivity contribution >= 4 is 33.8 Å². The Morgan fingerprint density at radius 2 is 1.76 bits per heavy atom. The summed E-state index contributed by atoms with van der Waals surface area (Å²) in [6, 6.07) is 18.9. The number of carboxylic acid groups (broad SMARTS) is 1. The third kappa shape index (κ3) is 2.51. The molecule has 0 unspecified atom stereocenters. The first-order valence-corrected chi connectivity index (χ1v) is 6.53. The summed E-state index contributed by atoms with van der Waals surface area (Å²) in [6.07, 6.45) is 0. The van der Waals surface area contributed by atoms with Crippen LogP contribution in [0, 0.1) is 0 Å². The van der Waals surface area contributed by atoms with Crippen LogP contribution in [-0.2, 0) is 0 Å². The summed E-state index contributed by atoms with van der Waals surface area (Å²) in [4.78, 5) is 11.0. The Morgan fingerprint density at radius 3 is 2.52 bits per heavy atom. The maximum absolute atomic E-state index is 11.0. The quantitative estimate of drug-likeness (QED) is 0.636. The molecule has 0 heterocycles. The molecule has 3 aromatic carbocycles. The van der Waals surface area contributed by atoms with Crippen molar-refractivity contribution in [1.29, 1.82) is 0 Å². The van der Waals surface area contributed by atoms with Crippen LogP contribution in [0.3, 0.4) is 0 Å². The molecule has 0 aliphatic carbocycles. The molecule has 3 rings (SSSR count). The smallest absolute Gasteiger partial charge is 0.337 e. The minimum atomic E-state index is -1.02. The predicted molar refractivity (Wildman–Crippen MR) is 85.0 cm³/mol. The number of carboxylic acids is 1. The van der Waals surface area contributed by atoms with Crippen LogP contribution in [0.1, 0.15) is 10.4 Å². The first kappa shape index (κ1) is 13.0. The molecule has 0 aliphatic heterocycles. The summed E-state index contributed by atoms with van der Waals surface area (Å²) in [6.45, 7) is 0. The Labute approximate surface area is 121 Å². The average Bonchev–Trinajstić information content (AvgIpc) is 2.47. The van der Waals surface area contributed by atoms with Crippen LogP contribution in [0.5, 0.6) is 0 Å². The number of aromatic carboxylic acids is 1. The van der Waals surface area contributed by atoms with Crippen LogP contribution in [0.15, 0.2) is 60.7 Å². The molecule has 0 aromatic heterocycles. The van der Waals surface area contributed by atoms with E-state index in [0.29, 0.717) is 0 Å². The lowest BCUT2D eigenvalue weighted by atomic mass is 10.1. The van der Waals surface area contributed by atoms with Gasteiger partial charge in [-0.05, 0) is 29.7 Å². The minimum absolute atomic E-state index is 0.110. The number of rotatable bonds is 3. The predicted octanol–water partition coefficient (Wildman–Crippen LogP) is 3.86. The van der Waals surface area contributed by atoms with Gasteiger partial charge in [0.25, 0.3) is 0 Å². The van der Waals surface area contributed by atoms with E-state index >= 15 is 0 Å². The van der Waals surface area contributed by atoms with Crippen molar-refractivity contribution < 1.29 is 9.90 Å². The van der Waals surface area contributed by atoms with Gasteiger partial charge < -0.3 is 16.2 Å². The number of hydrogen-bond donors (Lipinski definition) is 3. The van der Waals surface area contributed by atoms with Crippen molar-refractivity contribution in [2.24, 2.45) is 0 Å².